The van der Waals surface area contributed by atoms with Crippen LogP contribution in [-0.2, 0) is 21.6 Å². The van der Waals surface area contributed by atoms with E-state index in [4.69, 9.17) is 5.11 Å². The van der Waals surface area contributed by atoms with E-state index in [-0.39, 0.29) is 22.3 Å². The van der Waals surface area contributed by atoms with Crippen LogP contribution in [0.5, 0.6) is 0 Å². The predicted molar refractivity (Wildman–Crippen MR) is 26.2 cm³/mol. The fraction of sp³-hybridized carbons (Fsp3) is 0.750. The number of carboxylic acid groups (broad SMARTS) is 1. The molecular weight excluding hydrogens is 155 g/mol. The molecule has 0 aliphatic carbocycles. The first-order valence-corrected chi connectivity index (χ1v) is 1.99. The molecule has 0 unspecified atom stereocenters. The third-order valence-electron chi connectivity index (χ3n) is 0.464. The molecule has 0 aliphatic heterocycles. The van der Waals surface area contributed by atoms with Crippen LogP contribution in [0.25, 0.3) is 0 Å². The minimum atomic E-state index is -0.711. The SMILES string of the molecule is CCCC(=O)O.O.[Co]. The second-order valence-corrected chi connectivity index (χ2v) is 1.14. The molecule has 0 saturated heterocycles. The van der Waals surface area contributed by atoms with E-state index in [0.29, 0.717) is 6.42 Å². The third kappa shape index (κ3) is 16.8. The van der Waals surface area contributed by atoms with Crippen LogP contribution in [0.2, 0.25) is 0 Å². The Morgan fingerprint density at radius 2 is 2.00 bits per heavy atom. The van der Waals surface area contributed by atoms with Gasteiger partial charge in [-0.05, 0) is 6.42 Å². The van der Waals surface area contributed by atoms with Crippen molar-refractivity contribution in [3.05, 3.63) is 0 Å². The Bertz CT molecular complexity index is 55.2. The van der Waals surface area contributed by atoms with E-state index in [9.17, 15) is 4.79 Å². The van der Waals surface area contributed by atoms with Gasteiger partial charge in [-0.15, -0.1) is 0 Å². The Balaban J connectivity index is -0.000000125. The monoisotopic (exact) mass is 165 g/mol. The van der Waals surface area contributed by atoms with E-state index < -0.39 is 5.97 Å². The molecule has 3 N–H and O–H groups in total. The second-order valence-electron chi connectivity index (χ2n) is 1.14. The summed E-state index contributed by atoms with van der Waals surface area (Å²) in [4.78, 5) is 9.60. The van der Waals surface area contributed by atoms with E-state index in [1.54, 1.807) is 0 Å². The molecule has 0 saturated carbocycles. The smallest absolute Gasteiger partial charge is 0.303 e. The summed E-state index contributed by atoms with van der Waals surface area (Å²) in [6, 6.07) is 0. The van der Waals surface area contributed by atoms with Gasteiger partial charge in [-0.3, -0.25) is 4.79 Å². The summed E-state index contributed by atoms with van der Waals surface area (Å²) in [5.41, 5.74) is 0. The van der Waals surface area contributed by atoms with E-state index in [0.717, 1.165) is 6.42 Å². The summed E-state index contributed by atoms with van der Waals surface area (Å²) in [5, 5.41) is 7.91. The fourth-order valence-corrected chi connectivity index (χ4v) is 0.214. The van der Waals surface area contributed by atoms with Crippen molar-refractivity contribution < 1.29 is 32.2 Å². The van der Waals surface area contributed by atoms with Crippen LogP contribution in [-0.4, -0.2) is 16.6 Å². The second kappa shape index (κ2) is 10.0. The Kier molecular flexibility index (Phi) is 19.6. The Hall–Kier alpha value is -0.0635. The molecule has 0 aromatic heterocycles. The van der Waals surface area contributed by atoms with E-state index in [2.05, 4.69) is 0 Å². The summed E-state index contributed by atoms with van der Waals surface area (Å²) in [6.45, 7) is 1.84. The van der Waals surface area contributed by atoms with Crippen molar-refractivity contribution in [3.8, 4) is 0 Å². The van der Waals surface area contributed by atoms with Crippen molar-refractivity contribution in [3.63, 3.8) is 0 Å². The van der Waals surface area contributed by atoms with Gasteiger partial charge in [0.25, 0.3) is 0 Å². The summed E-state index contributed by atoms with van der Waals surface area (Å²) in [5.74, 6) is -0.711. The van der Waals surface area contributed by atoms with Crippen LogP contribution in [0.3, 0.4) is 0 Å². The molecule has 0 rings (SSSR count). The predicted octanol–water partition coefficient (Wildman–Crippen LogP) is 0.0439. The molecule has 0 fully saturated rings. The largest absolute Gasteiger partial charge is 0.481 e. The van der Waals surface area contributed by atoms with Crippen LogP contribution in [0.1, 0.15) is 19.8 Å². The molecule has 0 spiro atoms. The van der Waals surface area contributed by atoms with Gasteiger partial charge in [0.1, 0.15) is 0 Å². The molecule has 8 heavy (non-hydrogen) atoms. The van der Waals surface area contributed by atoms with Crippen LogP contribution < -0.4 is 0 Å². The Morgan fingerprint density at radius 1 is 1.62 bits per heavy atom. The van der Waals surface area contributed by atoms with Crippen molar-refractivity contribution in [1.29, 1.82) is 0 Å². The Labute approximate surface area is 58.6 Å². The third-order valence-corrected chi connectivity index (χ3v) is 0.464. The van der Waals surface area contributed by atoms with E-state index in [1.165, 1.54) is 0 Å². The molecule has 3 nitrogen and oxygen atoms in total. The van der Waals surface area contributed by atoms with Gasteiger partial charge in [-0.1, -0.05) is 6.92 Å². The first kappa shape index (κ1) is 15.7. The Morgan fingerprint density at radius 3 is 2.00 bits per heavy atom. The normalized spacial score (nSPS) is 6.12. The number of hydrogen-bond acceptors (Lipinski definition) is 1. The van der Waals surface area contributed by atoms with Crippen molar-refractivity contribution in [2.24, 2.45) is 0 Å². The molecule has 53 valence electrons. The van der Waals surface area contributed by atoms with Crippen molar-refractivity contribution >= 4 is 5.97 Å². The summed E-state index contributed by atoms with van der Waals surface area (Å²) >= 11 is 0. The maximum absolute atomic E-state index is 9.60. The molecule has 0 aromatic carbocycles. The summed E-state index contributed by atoms with van der Waals surface area (Å²) in [6.07, 6.45) is 1.02. The van der Waals surface area contributed by atoms with Gasteiger partial charge in [0.05, 0.1) is 0 Å². The van der Waals surface area contributed by atoms with Gasteiger partial charge < -0.3 is 10.6 Å². The molecule has 0 amide bonds. The molecular formula is C4H10CoO3. The van der Waals surface area contributed by atoms with Gasteiger partial charge in [0.15, 0.2) is 0 Å². The topological polar surface area (TPSA) is 68.8 Å². The summed E-state index contributed by atoms with van der Waals surface area (Å²) in [7, 11) is 0. The minimum absolute atomic E-state index is 0. The average molecular weight is 165 g/mol. The molecule has 1 radical (unpaired) electrons. The minimum Gasteiger partial charge on any atom is -0.481 e. The van der Waals surface area contributed by atoms with Crippen molar-refractivity contribution in [1.82, 2.24) is 0 Å². The van der Waals surface area contributed by atoms with Crippen LogP contribution in [0.15, 0.2) is 0 Å². The van der Waals surface area contributed by atoms with Gasteiger partial charge in [0.2, 0.25) is 0 Å². The number of rotatable bonds is 2. The van der Waals surface area contributed by atoms with Crippen LogP contribution >= 0.6 is 0 Å². The zero-order valence-electron chi connectivity index (χ0n) is 4.60. The van der Waals surface area contributed by atoms with Gasteiger partial charge in [0, 0.05) is 23.2 Å². The van der Waals surface area contributed by atoms with Crippen molar-refractivity contribution in [2.45, 2.75) is 19.8 Å². The number of carbonyl (C=O) groups is 1. The number of hydrogen-bond donors (Lipinski definition) is 1. The average Bonchev–Trinajstić information content (AvgIpc) is 1.35. The number of aliphatic carboxylic acids is 1. The van der Waals surface area contributed by atoms with Gasteiger partial charge >= 0.3 is 5.97 Å². The molecule has 0 atom stereocenters. The summed E-state index contributed by atoms with van der Waals surface area (Å²) < 4.78 is 0. The zero-order chi connectivity index (χ0) is 4.99. The van der Waals surface area contributed by atoms with Gasteiger partial charge in [-0.2, -0.15) is 0 Å². The van der Waals surface area contributed by atoms with E-state index >= 15 is 0 Å². The van der Waals surface area contributed by atoms with Crippen LogP contribution in [0.4, 0.5) is 0 Å². The first-order chi connectivity index (χ1) is 2.77. The molecule has 0 heterocycles. The molecule has 4 heteroatoms. The van der Waals surface area contributed by atoms with Crippen molar-refractivity contribution in [2.75, 3.05) is 0 Å². The standard InChI is InChI=1S/C4H8O2.Co.H2O/c1-2-3-4(5)6;;/h2-3H2,1H3,(H,5,6);;1H2. The van der Waals surface area contributed by atoms with Gasteiger partial charge in [-0.25, -0.2) is 0 Å². The maximum atomic E-state index is 9.60. The first-order valence-electron chi connectivity index (χ1n) is 1.99. The quantitative estimate of drug-likeness (QED) is 0.627. The number of carboxylic acids is 1. The molecule has 0 aromatic rings. The van der Waals surface area contributed by atoms with E-state index in [1.807, 2.05) is 6.92 Å². The van der Waals surface area contributed by atoms with Crippen LogP contribution in [0, 0.1) is 0 Å². The molecule has 0 aliphatic rings. The fourth-order valence-electron chi connectivity index (χ4n) is 0.214. The molecule has 0 bridgehead atoms. The zero-order valence-corrected chi connectivity index (χ0v) is 5.64. The maximum Gasteiger partial charge on any atom is 0.303 e.